The third-order valence-electron chi connectivity index (χ3n) is 5.07. The maximum atomic E-state index is 2.43. The van der Waals surface area contributed by atoms with Gasteiger partial charge in [0.2, 0.25) is 0 Å². The molecule has 2 aromatic rings. The Morgan fingerprint density at radius 2 is 1.64 bits per heavy atom. The van der Waals surface area contributed by atoms with Crippen molar-refractivity contribution < 1.29 is 20.7 Å². The molecule has 127 valence electrons. The molecule has 1 atom stereocenters. The van der Waals surface area contributed by atoms with Crippen LogP contribution in [0.3, 0.4) is 0 Å². The molecule has 1 nitrogen and oxygen atoms in total. The first-order chi connectivity index (χ1) is 11.9. The Balaban J connectivity index is 2.00. The van der Waals surface area contributed by atoms with Crippen LogP contribution in [-0.2, 0) is 20.7 Å². The van der Waals surface area contributed by atoms with Crippen molar-refractivity contribution in [1.82, 2.24) is 0 Å². The molecule has 1 unspecified atom stereocenters. The van der Waals surface area contributed by atoms with E-state index in [-0.39, 0.29) is 0 Å². The van der Waals surface area contributed by atoms with Crippen LogP contribution in [0, 0.1) is 20.8 Å². The van der Waals surface area contributed by atoms with E-state index in [1.54, 1.807) is 0 Å². The van der Waals surface area contributed by atoms with Crippen LogP contribution in [0.1, 0.15) is 54.1 Å². The predicted octanol–water partition coefficient (Wildman–Crippen LogP) is 6.37. The van der Waals surface area contributed by atoms with E-state index in [9.17, 15) is 0 Å². The molecule has 2 aromatic carbocycles. The number of anilines is 1. The molecule has 0 saturated carbocycles. The zero-order valence-electron chi connectivity index (χ0n) is 15.9. The number of allylic oxidation sites excluding steroid dienone is 4. The molecule has 2 heteroatoms. The van der Waals surface area contributed by atoms with Gasteiger partial charge in [-0.05, 0) is 0 Å². The van der Waals surface area contributed by atoms with Crippen molar-refractivity contribution in [2.75, 3.05) is 3.38 Å². The van der Waals surface area contributed by atoms with Crippen LogP contribution in [0.4, 0.5) is 5.69 Å². The number of hydrogen-bond donors (Lipinski definition) is 0. The Bertz CT molecular complexity index is 837. The van der Waals surface area contributed by atoms with E-state index >= 15 is 0 Å². The van der Waals surface area contributed by atoms with Gasteiger partial charge in [-0.25, -0.2) is 0 Å². The van der Waals surface area contributed by atoms with Crippen LogP contribution in [0.25, 0.3) is 5.57 Å². The summed E-state index contributed by atoms with van der Waals surface area (Å²) in [5.41, 5.74) is 11.0. The molecule has 0 aromatic heterocycles. The average Bonchev–Trinajstić information content (AvgIpc) is 2.99. The summed E-state index contributed by atoms with van der Waals surface area (Å²) in [6.45, 7) is 11.1. The van der Waals surface area contributed by atoms with Gasteiger partial charge in [0.25, 0.3) is 0 Å². The number of benzene rings is 2. The fourth-order valence-electron chi connectivity index (χ4n) is 3.89. The maximum absolute atomic E-state index is 2.43. The number of hydrogen-bond acceptors (Lipinski definition) is 1. The van der Waals surface area contributed by atoms with Crippen molar-refractivity contribution in [2.45, 2.75) is 47.1 Å². The second-order valence-electron chi connectivity index (χ2n) is 7.20. The molecular formula is C23H26NTi. The normalized spacial score (nSPS) is 14.9. The van der Waals surface area contributed by atoms with Gasteiger partial charge in [0, 0.05) is 0 Å². The minimum absolute atomic E-state index is 0.318. The SMILES string of the molecule is CC1=CCC(c2ccccc2C(C)[N]([Ti])c2c(C)cc(C)cc2C)=C1. The number of nitrogens with zero attached hydrogens (tertiary/aromatic N) is 1. The Hall–Kier alpha value is -1.57. The molecule has 0 aliphatic heterocycles. The molecule has 0 bridgehead atoms. The summed E-state index contributed by atoms with van der Waals surface area (Å²) in [6.07, 6.45) is 5.69. The fourth-order valence-corrected chi connectivity index (χ4v) is 4.66. The molecular weight excluding hydrogens is 338 g/mol. The van der Waals surface area contributed by atoms with E-state index in [4.69, 9.17) is 0 Å². The summed E-state index contributed by atoms with van der Waals surface area (Å²) in [6, 6.07) is 13.7. The molecule has 0 radical (unpaired) electrons. The number of aryl methyl sites for hydroxylation is 3. The van der Waals surface area contributed by atoms with Gasteiger partial charge in [-0.1, -0.05) is 0 Å². The van der Waals surface area contributed by atoms with E-state index in [1.807, 2.05) is 0 Å². The average molecular weight is 364 g/mol. The Morgan fingerprint density at radius 1 is 1.00 bits per heavy atom. The van der Waals surface area contributed by atoms with E-state index in [0.717, 1.165) is 6.42 Å². The first kappa shape index (κ1) is 18.2. The summed E-state index contributed by atoms with van der Waals surface area (Å²) in [5.74, 6) is 0. The van der Waals surface area contributed by atoms with Crippen LogP contribution in [-0.4, -0.2) is 0 Å². The molecule has 0 spiro atoms. The molecule has 0 saturated heterocycles. The van der Waals surface area contributed by atoms with Crippen LogP contribution < -0.4 is 3.38 Å². The van der Waals surface area contributed by atoms with Gasteiger partial charge >= 0.3 is 164 Å². The zero-order valence-corrected chi connectivity index (χ0v) is 17.4. The summed E-state index contributed by atoms with van der Waals surface area (Å²) in [7, 11) is 0. The van der Waals surface area contributed by atoms with Gasteiger partial charge in [0.05, 0.1) is 0 Å². The zero-order chi connectivity index (χ0) is 18.1. The standard InChI is InChI=1S/C23H26N.Ti/c1-15-10-11-20(14-15)22-9-7-6-8-21(22)19(5)24-23-17(3)12-16(2)13-18(23)4;/h6-10,12-14,19H,11H2,1-5H3;/q-1;+1. The van der Waals surface area contributed by atoms with Crippen molar-refractivity contribution >= 4 is 11.3 Å². The van der Waals surface area contributed by atoms with Gasteiger partial charge < -0.3 is 0 Å². The number of rotatable bonds is 4. The van der Waals surface area contributed by atoms with E-state index in [1.165, 1.54) is 44.7 Å². The summed E-state index contributed by atoms with van der Waals surface area (Å²) >= 11 is 2.22. The van der Waals surface area contributed by atoms with E-state index in [0.29, 0.717) is 6.04 Å². The Morgan fingerprint density at radius 3 is 2.24 bits per heavy atom. The first-order valence-electron chi connectivity index (χ1n) is 8.93. The van der Waals surface area contributed by atoms with Crippen molar-refractivity contribution in [3.05, 3.63) is 81.9 Å². The van der Waals surface area contributed by atoms with Gasteiger partial charge in [0.1, 0.15) is 0 Å². The Kier molecular flexibility index (Phi) is 5.36. The molecule has 3 rings (SSSR count). The van der Waals surface area contributed by atoms with Crippen LogP contribution in [0.2, 0.25) is 0 Å². The summed E-state index contributed by atoms with van der Waals surface area (Å²) in [5, 5.41) is 0. The molecule has 0 N–H and O–H groups in total. The molecule has 0 fully saturated rings. The fraction of sp³-hybridized carbons (Fsp3) is 0.304. The third kappa shape index (κ3) is 3.68. The van der Waals surface area contributed by atoms with Gasteiger partial charge in [-0.3, -0.25) is 0 Å². The van der Waals surface area contributed by atoms with Crippen LogP contribution in [0.5, 0.6) is 0 Å². The molecule has 1 aliphatic rings. The molecule has 0 heterocycles. The van der Waals surface area contributed by atoms with Crippen molar-refractivity contribution in [3.8, 4) is 0 Å². The summed E-state index contributed by atoms with van der Waals surface area (Å²) < 4.78 is 2.43. The van der Waals surface area contributed by atoms with Gasteiger partial charge in [-0.15, -0.1) is 0 Å². The van der Waals surface area contributed by atoms with Gasteiger partial charge in [-0.2, -0.15) is 0 Å². The minimum atomic E-state index is 0.318. The van der Waals surface area contributed by atoms with Crippen molar-refractivity contribution in [1.29, 1.82) is 0 Å². The van der Waals surface area contributed by atoms with Crippen LogP contribution >= 0.6 is 0 Å². The van der Waals surface area contributed by atoms with Crippen LogP contribution in [0.15, 0.2) is 54.1 Å². The third-order valence-corrected chi connectivity index (χ3v) is 6.02. The second kappa shape index (κ2) is 7.36. The molecule has 25 heavy (non-hydrogen) atoms. The van der Waals surface area contributed by atoms with Crippen molar-refractivity contribution in [2.24, 2.45) is 0 Å². The summed E-state index contributed by atoms with van der Waals surface area (Å²) in [4.78, 5) is 0. The van der Waals surface area contributed by atoms with E-state index in [2.05, 4.69) is 107 Å². The molecule has 0 amide bonds. The second-order valence-corrected chi connectivity index (χ2v) is 7.95. The Labute approximate surface area is 164 Å². The first-order valence-corrected chi connectivity index (χ1v) is 9.63. The van der Waals surface area contributed by atoms with Gasteiger partial charge in [0.15, 0.2) is 0 Å². The van der Waals surface area contributed by atoms with Crippen molar-refractivity contribution in [3.63, 3.8) is 0 Å². The quantitative estimate of drug-likeness (QED) is 0.570. The topological polar surface area (TPSA) is 3.24 Å². The van der Waals surface area contributed by atoms with E-state index < -0.39 is 0 Å². The monoisotopic (exact) mass is 364 g/mol. The molecule has 1 aliphatic carbocycles. The predicted molar refractivity (Wildman–Crippen MR) is 104 cm³/mol.